The number of hydrogen-bond acceptors (Lipinski definition) is 5. The van der Waals surface area contributed by atoms with E-state index in [1.165, 1.54) is 6.26 Å². The molecule has 3 rings (SSSR count). The van der Waals surface area contributed by atoms with Crippen LogP contribution in [0.1, 0.15) is 58.4 Å². The molecule has 2 amide bonds. The van der Waals surface area contributed by atoms with Crippen molar-refractivity contribution in [2.24, 2.45) is 5.92 Å². The van der Waals surface area contributed by atoms with E-state index < -0.39 is 21.4 Å². The molecule has 2 heterocycles. The molecule has 1 aromatic rings. The van der Waals surface area contributed by atoms with E-state index in [0.29, 0.717) is 56.3 Å². The van der Waals surface area contributed by atoms with Gasteiger partial charge in [-0.1, -0.05) is 39.3 Å². The number of piperidine rings is 1. The average Bonchev–Trinajstić information content (AvgIpc) is 2.73. The Balaban J connectivity index is 1.70. The van der Waals surface area contributed by atoms with Gasteiger partial charge in [0.05, 0.1) is 4.90 Å². The highest BCUT2D eigenvalue weighted by molar-refractivity contribution is 7.90. The van der Waals surface area contributed by atoms with Crippen LogP contribution in [0.25, 0.3) is 0 Å². The Morgan fingerprint density at radius 3 is 2.28 bits per heavy atom. The number of carbonyl (C=O) groups is 2. The van der Waals surface area contributed by atoms with E-state index in [1.807, 2.05) is 17.0 Å². The Morgan fingerprint density at radius 1 is 1.12 bits per heavy atom. The van der Waals surface area contributed by atoms with E-state index in [0.717, 1.165) is 18.4 Å². The molecule has 2 saturated heterocycles. The van der Waals surface area contributed by atoms with Gasteiger partial charge in [-0.3, -0.25) is 14.5 Å². The van der Waals surface area contributed by atoms with Crippen LogP contribution in [0, 0.1) is 5.92 Å². The van der Waals surface area contributed by atoms with Crippen molar-refractivity contribution in [3.8, 4) is 0 Å². The quantitative estimate of drug-likeness (QED) is 0.640. The number of benzene rings is 1. The zero-order valence-electron chi connectivity index (χ0n) is 19.8. The fourth-order valence-corrected chi connectivity index (χ4v) is 5.46. The highest BCUT2D eigenvalue weighted by Gasteiger charge is 2.53. The van der Waals surface area contributed by atoms with E-state index in [-0.39, 0.29) is 11.8 Å². The average molecular weight is 464 g/mol. The number of likely N-dealkylation sites (tertiary alicyclic amines) is 1. The Morgan fingerprint density at radius 2 is 1.75 bits per heavy atom. The van der Waals surface area contributed by atoms with Crippen molar-refractivity contribution in [2.45, 2.75) is 75.9 Å². The van der Waals surface area contributed by atoms with Crippen molar-refractivity contribution in [3.05, 3.63) is 29.8 Å². The first kappa shape index (κ1) is 24.7. The summed E-state index contributed by atoms with van der Waals surface area (Å²) in [6, 6.07) is 6.56. The number of unbranched alkanes of at least 4 members (excludes halogenated alkanes) is 1. The van der Waals surface area contributed by atoms with E-state index in [1.54, 1.807) is 12.1 Å². The smallest absolute Gasteiger partial charge is 0.246 e. The molecule has 178 valence electrons. The fourth-order valence-electron chi connectivity index (χ4n) is 4.83. The number of carbonyl (C=O) groups excluding carboxylic acids is 2. The first-order valence-corrected chi connectivity index (χ1v) is 13.6. The fraction of sp³-hybridized carbons (Fsp3) is 0.667. The molecule has 0 saturated carbocycles. The summed E-state index contributed by atoms with van der Waals surface area (Å²) in [6.45, 7) is 9.00. The molecule has 7 nitrogen and oxygen atoms in total. The first-order chi connectivity index (χ1) is 15.1. The summed E-state index contributed by atoms with van der Waals surface area (Å²) in [6.07, 6.45) is 4.98. The summed E-state index contributed by atoms with van der Waals surface area (Å²) < 4.78 is 23.3. The van der Waals surface area contributed by atoms with Crippen LogP contribution in [0.4, 0.5) is 0 Å². The topological polar surface area (TPSA) is 86.8 Å². The van der Waals surface area contributed by atoms with Crippen LogP contribution in [0.3, 0.4) is 0 Å². The van der Waals surface area contributed by atoms with Crippen LogP contribution >= 0.6 is 0 Å². The minimum atomic E-state index is -3.20. The lowest BCUT2D eigenvalue weighted by atomic mass is 9.80. The molecule has 32 heavy (non-hydrogen) atoms. The number of piperazine rings is 1. The van der Waals surface area contributed by atoms with Crippen molar-refractivity contribution in [1.82, 2.24) is 15.1 Å². The van der Waals surface area contributed by atoms with Crippen molar-refractivity contribution in [1.29, 1.82) is 0 Å². The molecule has 0 aliphatic carbocycles. The molecule has 2 aliphatic rings. The molecule has 1 spiro atoms. The third-order valence-electron chi connectivity index (χ3n) is 6.69. The Kier molecular flexibility index (Phi) is 7.65. The van der Waals surface area contributed by atoms with Gasteiger partial charge < -0.3 is 10.2 Å². The standard InChI is InChI=1S/C24H37N3O4S/c1-5-6-13-27-22(28)21(16-18(2)3)25-23(29)24(27)11-14-26(15-12-24)17-19-7-9-20(10-8-19)32(4,30)31/h7-10,18,21H,5-6,11-17H2,1-4H3,(H,25,29)/t21-/m0/s1. The molecule has 0 unspecified atom stereocenters. The van der Waals surface area contributed by atoms with Crippen LogP contribution in [-0.2, 0) is 26.0 Å². The largest absolute Gasteiger partial charge is 0.342 e. The maximum absolute atomic E-state index is 13.3. The molecule has 2 aliphatic heterocycles. The molecule has 1 atom stereocenters. The van der Waals surface area contributed by atoms with Gasteiger partial charge in [0, 0.05) is 32.4 Å². The third-order valence-corrected chi connectivity index (χ3v) is 7.82. The van der Waals surface area contributed by atoms with Crippen LogP contribution in [0.5, 0.6) is 0 Å². The lowest BCUT2D eigenvalue weighted by Crippen LogP contribution is -2.73. The van der Waals surface area contributed by atoms with Gasteiger partial charge in [0.15, 0.2) is 9.84 Å². The summed E-state index contributed by atoms with van der Waals surface area (Å²) in [5, 5.41) is 3.04. The summed E-state index contributed by atoms with van der Waals surface area (Å²) >= 11 is 0. The molecule has 8 heteroatoms. The Bertz CT molecular complexity index is 919. The lowest BCUT2D eigenvalue weighted by Gasteiger charge is -2.52. The number of hydrogen-bond donors (Lipinski definition) is 1. The van der Waals surface area contributed by atoms with Crippen LogP contribution in [0.2, 0.25) is 0 Å². The third kappa shape index (κ3) is 5.34. The molecule has 0 radical (unpaired) electrons. The van der Waals surface area contributed by atoms with E-state index in [9.17, 15) is 18.0 Å². The van der Waals surface area contributed by atoms with Crippen LogP contribution in [0.15, 0.2) is 29.2 Å². The van der Waals surface area contributed by atoms with Gasteiger partial charge in [0.25, 0.3) is 0 Å². The van der Waals surface area contributed by atoms with Crippen molar-refractivity contribution >= 4 is 21.7 Å². The summed E-state index contributed by atoms with van der Waals surface area (Å²) in [5.74, 6) is 0.398. The first-order valence-electron chi connectivity index (χ1n) is 11.7. The second-order valence-electron chi connectivity index (χ2n) is 9.72. The molecular formula is C24H37N3O4S. The minimum absolute atomic E-state index is 0.00370. The number of amides is 2. The highest BCUT2D eigenvalue weighted by atomic mass is 32.2. The minimum Gasteiger partial charge on any atom is -0.342 e. The van der Waals surface area contributed by atoms with Crippen molar-refractivity contribution in [2.75, 3.05) is 25.9 Å². The molecule has 1 N–H and O–H groups in total. The highest BCUT2D eigenvalue weighted by Crippen LogP contribution is 2.34. The van der Waals surface area contributed by atoms with Crippen LogP contribution < -0.4 is 5.32 Å². The lowest BCUT2D eigenvalue weighted by molar-refractivity contribution is -0.161. The van der Waals surface area contributed by atoms with Gasteiger partial charge in [-0.25, -0.2) is 8.42 Å². The molecule has 0 aromatic heterocycles. The Labute approximate surface area is 192 Å². The van der Waals surface area contributed by atoms with E-state index in [4.69, 9.17) is 0 Å². The zero-order chi connectivity index (χ0) is 23.5. The number of rotatable bonds is 8. The number of nitrogens with zero attached hydrogens (tertiary/aromatic N) is 2. The molecule has 0 bridgehead atoms. The SMILES string of the molecule is CCCCN1C(=O)[C@H](CC(C)C)NC(=O)C12CCN(Cc1ccc(S(C)(=O)=O)cc1)CC2. The van der Waals surface area contributed by atoms with E-state index >= 15 is 0 Å². The number of sulfone groups is 1. The predicted molar refractivity (Wildman–Crippen MR) is 125 cm³/mol. The van der Waals surface area contributed by atoms with Gasteiger partial charge in [-0.05, 0) is 49.3 Å². The zero-order valence-corrected chi connectivity index (χ0v) is 20.6. The summed E-state index contributed by atoms with van der Waals surface area (Å²) in [5.41, 5.74) is 0.286. The maximum Gasteiger partial charge on any atom is 0.246 e. The van der Waals surface area contributed by atoms with Crippen molar-refractivity contribution < 1.29 is 18.0 Å². The van der Waals surface area contributed by atoms with Gasteiger partial charge in [0.2, 0.25) is 11.8 Å². The van der Waals surface area contributed by atoms with Gasteiger partial charge >= 0.3 is 0 Å². The van der Waals surface area contributed by atoms with Gasteiger partial charge in [0.1, 0.15) is 11.6 Å². The van der Waals surface area contributed by atoms with E-state index in [2.05, 4.69) is 31.0 Å². The summed E-state index contributed by atoms with van der Waals surface area (Å²) in [7, 11) is -3.20. The van der Waals surface area contributed by atoms with Gasteiger partial charge in [-0.2, -0.15) is 0 Å². The van der Waals surface area contributed by atoms with Crippen LogP contribution in [-0.4, -0.2) is 67.5 Å². The normalized spacial score (nSPS) is 21.9. The molecular weight excluding hydrogens is 426 g/mol. The summed E-state index contributed by atoms with van der Waals surface area (Å²) in [4.78, 5) is 31.1. The second-order valence-corrected chi connectivity index (χ2v) is 11.7. The Hall–Kier alpha value is -1.93. The second kappa shape index (κ2) is 9.91. The monoisotopic (exact) mass is 463 g/mol. The van der Waals surface area contributed by atoms with Crippen molar-refractivity contribution in [3.63, 3.8) is 0 Å². The predicted octanol–water partition coefficient (Wildman–Crippen LogP) is 2.60. The molecule has 1 aromatic carbocycles. The van der Waals surface area contributed by atoms with Gasteiger partial charge in [-0.15, -0.1) is 0 Å². The maximum atomic E-state index is 13.3. The number of nitrogens with one attached hydrogen (secondary N) is 1. The molecule has 2 fully saturated rings.